The van der Waals surface area contributed by atoms with E-state index >= 15 is 0 Å². The molecule has 0 bridgehead atoms. The number of thiazole rings is 1. The molecule has 0 fully saturated rings. The van der Waals surface area contributed by atoms with Gasteiger partial charge in [-0.25, -0.2) is 4.98 Å². The number of nitrogens with one attached hydrogen (secondary N) is 2. The Morgan fingerprint density at radius 1 is 1.44 bits per heavy atom. The third-order valence-corrected chi connectivity index (χ3v) is 3.45. The second kappa shape index (κ2) is 6.49. The lowest BCUT2D eigenvalue weighted by Gasteiger charge is -2.18. The van der Waals surface area contributed by atoms with Gasteiger partial charge < -0.3 is 10.6 Å². The van der Waals surface area contributed by atoms with Crippen molar-refractivity contribution in [2.45, 2.75) is 33.2 Å². The summed E-state index contributed by atoms with van der Waals surface area (Å²) in [6.45, 7) is 5.81. The molecule has 0 aliphatic heterocycles. The van der Waals surface area contributed by atoms with Gasteiger partial charge in [0, 0.05) is 7.05 Å². The monoisotopic (exact) mass is 269 g/mol. The predicted molar refractivity (Wildman–Crippen MR) is 71.6 cm³/mol. The number of carbonyl (C=O) groups is 2. The van der Waals surface area contributed by atoms with Crippen LogP contribution >= 0.6 is 11.3 Å². The maximum absolute atomic E-state index is 12.0. The van der Waals surface area contributed by atoms with Crippen molar-refractivity contribution in [1.29, 1.82) is 0 Å². The van der Waals surface area contributed by atoms with Crippen molar-refractivity contribution < 1.29 is 9.59 Å². The highest BCUT2D eigenvalue weighted by Gasteiger charge is 2.22. The maximum Gasteiger partial charge on any atom is 0.263 e. The Balaban J connectivity index is 2.74. The SMILES string of the molecule is CNC(=O)[C@@H](CC(C)C)NC(=O)c1scnc1C. The summed E-state index contributed by atoms with van der Waals surface area (Å²) in [6.07, 6.45) is 0.614. The fraction of sp³-hybridized carbons (Fsp3) is 0.583. The first-order valence-corrected chi connectivity index (χ1v) is 6.76. The number of amides is 2. The van der Waals surface area contributed by atoms with Crippen molar-refractivity contribution >= 4 is 23.2 Å². The maximum atomic E-state index is 12.0. The van der Waals surface area contributed by atoms with Gasteiger partial charge in [0.1, 0.15) is 10.9 Å². The van der Waals surface area contributed by atoms with Crippen LogP contribution in [0.4, 0.5) is 0 Å². The van der Waals surface area contributed by atoms with Crippen LogP contribution in [-0.4, -0.2) is 29.9 Å². The summed E-state index contributed by atoms with van der Waals surface area (Å²) in [5, 5.41) is 5.33. The molecule has 0 unspecified atom stereocenters. The molecule has 1 heterocycles. The zero-order valence-corrected chi connectivity index (χ0v) is 11.9. The molecule has 0 saturated heterocycles. The van der Waals surface area contributed by atoms with E-state index < -0.39 is 6.04 Å². The zero-order valence-electron chi connectivity index (χ0n) is 11.1. The van der Waals surface area contributed by atoms with Crippen molar-refractivity contribution in [2.24, 2.45) is 5.92 Å². The Hall–Kier alpha value is -1.43. The molecule has 0 aromatic carbocycles. The summed E-state index contributed by atoms with van der Waals surface area (Å²) >= 11 is 1.28. The second-order valence-corrected chi connectivity index (χ2v) is 5.39. The molecule has 2 N–H and O–H groups in total. The van der Waals surface area contributed by atoms with Gasteiger partial charge in [0.15, 0.2) is 0 Å². The van der Waals surface area contributed by atoms with E-state index in [1.807, 2.05) is 13.8 Å². The van der Waals surface area contributed by atoms with E-state index in [1.54, 1.807) is 19.5 Å². The molecule has 0 aliphatic rings. The Labute approximate surface area is 111 Å². The van der Waals surface area contributed by atoms with Gasteiger partial charge in [-0.05, 0) is 19.3 Å². The van der Waals surface area contributed by atoms with Crippen molar-refractivity contribution in [2.75, 3.05) is 7.05 Å². The number of carbonyl (C=O) groups excluding carboxylic acids is 2. The van der Waals surface area contributed by atoms with Crippen molar-refractivity contribution in [1.82, 2.24) is 15.6 Å². The summed E-state index contributed by atoms with van der Waals surface area (Å²) in [4.78, 5) is 28.3. The topological polar surface area (TPSA) is 71.1 Å². The van der Waals surface area contributed by atoms with Crippen LogP contribution in [-0.2, 0) is 4.79 Å². The highest BCUT2D eigenvalue weighted by atomic mass is 32.1. The molecule has 18 heavy (non-hydrogen) atoms. The molecule has 6 heteroatoms. The van der Waals surface area contributed by atoms with Crippen LogP contribution in [0.25, 0.3) is 0 Å². The van der Waals surface area contributed by atoms with Crippen LogP contribution in [0, 0.1) is 12.8 Å². The van der Waals surface area contributed by atoms with Gasteiger partial charge in [0.2, 0.25) is 5.91 Å². The molecular formula is C12H19N3O2S. The minimum absolute atomic E-state index is 0.167. The van der Waals surface area contributed by atoms with E-state index in [4.69, 9.17) is 0 Å². The van der Waals surface area contributed by atoms with Crippen LogP contribution in [0.1, 0.15) is 35.6 Å². The number of rotatable bonds is 5. The molecule has 0 spiro atoms. The van der Waals surface area contributed by atoms with E-state index in [9.17, 15) is 9.59 Å². The summed E-state index contributed by atoms with van der Waals surface area (Å²) < 4.78 is 0. The molecule has 5 nitrogen and oxygen atoms in total. The number of hydrogen-bond donors (Lipinski definition) is 2. The van der Waals surface area contributed by atoms with E-state index in [2.05, 4.69) is 15.6 Å². The quantitative estimate of drug-likeness (QED) is 0.847. The molecule has 1 aromatic heterocycles. The lowest BCUT2D eigenvalue weighted by molar-refractivity contribution is -0.122. The van der Waals surface area contributed by atoms with Gasteiger partial charge in [-0.3, -0.25) is 9.59 Å². The number of likely N-dealkylation sites (N-methyl/N-ethyl adjacent to an activating group) is 1. The minimum Gasteiger partial charge on any atom is -0.357 e. The molecule has 0 aliphatic carbocycles. The molecule has 2 amide bonds. The predicted octanol–water partition coefficient (Wildman–Crippen LogP) is 1.34. The lowest BCUT2D eigenvalue weighted by atomic mass is 10.0. The molecule has 100 valence electrons. The van der Waals surface area contributed by atoms with Crippen molar-refractivity contribution in [3.63, 3.8) is 0 Å². The normalized spacial score (nSPS) is 12.3. The molecule has 1 rings (SSSR count). The van der Waals surface area contributed by atoms with Gasteiger partial charge in [-0.2, -0.15) is 0 Å². The minimum atomic E-state index is -0.496. The van der Waals surface area contributed by atoms with Crippen molar-refractivity contribution in [3.05, 3.63) is 16.1 Å². The Morgan fingerprint density at radius 3 is 2.56 bits per heavy atom. The fourth-order valence-electron chi connectivity index (χ4n) is 1.62. The van der Waals surface area contributed by atoms with Crippen LogP contribution in [0.2, 0.25) is 0 Å². The number of aromatic nitrogens is 1. The standard InChI is InChI=1S/C12H19N3O2S/c1-7(2)5-9(11(16)13-4)15-12(17)10-8(3)14-6-18-10/h6-7,9H,5H2,1-4H3,(H,13,16)(H,15,17)/t9-/m1/s1. The van der Waals surface area contributed by atoms with Crippen LogP contribution in [0.5, 0.6) is 0 Å². The number of aryl methyl sites for hydroxylation is 1. The lowest BCUT2D eigenvalue weighted by Crippen LogP contribution is -2.46. The molecule has 0 radical (unpaired) electrons. The smallest absolute Gasteiger partial charge is 0.263 e. The van der Waals surface area contributed by atoms with Gasteiger partial charge in [0.05, 0.1) is 11.2 Å². The first kappa shape index (κ1) is 14.6. The van der Waals surface area contributed by atoms with E-state index in [1.165, 1.54) is 11.3 Å². The Bertz CT molecular complexity index is 429. The van der Waals surface area contributed by atoms with Gasteiger partial charge >= 0.3 is 0 Å². The van der Waals surface area contributed by atoms with Gasteiger partial charge in [0.25, 0.3) is 5.91 Å². The fourth-order valence-corrected chi connectivity index (χ4v) is 2.33. The summed E-state index contributed by atoms with van der Waals surface area (Å²) in [5.74, 6) is -0.0707. The third kappa shape index (κ3) is 3.80. The molecular weight excluding hydrogens is 250 g/mol. The molecule has 1 atom stereocenters. The Morgan fingerprint density at radius 2 is 2.11 bits per heavy atom. The summed E-state index contributed by atoms with van der Waals surface area (Å²) in [6, 6.07) is -0.496. The van der Waals surface area contributed by atoms with Gasteiger partial charge in [-0.1, -0.05) is 13.8 Å². The molecule has 1 aromatic rings. The molecule has 0 saturated carbocycles. The van der Waals surface area contributed by atoms with Crippen LogP contribution < -0.4 is 10.6 Å². The first-order chi connectivity index (χ1) is 8.45. The highest BCUT2D eigenvalue weighted by molar-refractivity contribution is 7.11. The Kier molecular flexibility index (Phi) is 5.27. The second-order valence-electron chi connectivity index (χ2n) is 4.54. The van der Waals surface area contributed by atoms with Crippen molar-refractivity contribution in [3.8, 4) is 0 Å². The van der Waals surface area contributed by atoms with E-state index in [0.29, 0.717) is 22.9 Å². The summed E-state index contributed by atoms with van der Waals surface area (Å²) in [5.41, 5.74) is 2.32. The van der Waals surface area contributed by atoms with Gasteiger partial charge in [-0.15, -0.1) is 11.3 Å². The number of hydrogen-bond acceptors (Lipinski definition) is 4. The third-order valence-electron chi connectivity index (χ3n) is 2.53. The number of nitrogens with zero attached hydrogens (tertiary/aromatic N) is 1. The van der Waals surface area contributed by atoms with Crippen LogP contribution in [0.15, 0.2) is 5.51 Å². The highest BCUT2D eigenvalue weighted by Crippen LogP contribution is 2.13. The average Bonchev–Trinajstić information content (AvgIpc) is 2.73. The van der Waals surface area contributed by atoms with E-state index in [0.717, 1.165) is 0 Å². The van der Waals surface area contributed by atoms with E-state index in [-0.39, 0.29) is 11.8 Å². The van der Waals surface area contributed by atoms with Crippen LogP contribution in [0.3, 0.4) is 0 Å². The zero-order chi connectivity index (χ0) is 13.7. The largest absolute Gasteiger partial charge is 0.357 e. The average molecular weight is 269 g/mol. The first-order valence-electron chi connectivity index (χ1n) is 5.88. The summed E-state index contributed by atoms with van der Waals surface area (Å²) in [7, 11) is 1.57.